The molecule has 0 atom stereocenters. The van der Waals surface area contributed by atoms with Crippen molar-refractivity contribution < 1.29 is 19.4 Å². The number of ether oxygens (including phenoxy) is 2. The minimum Gasteiger partial charge on any atom is -0.478 e. The molecule has 1 aromatic carbocycles. The number of likely N-dealkylation sites (N-methyl/N-ethyl adjacent to an activating group) is 1. The van der Waals surface area contributed by atoms with E-state index in [4.69, 9.17) is 14.6 Å². The number of nitrogens with zero attached hydrogens (tertiary/aromatic N) is 1. The molecule has 0 bridgehead atoms. The molecule has 0 saturated heterocycles. The topological polar surface area (TPSA) is 59.0 Å². The molecule has 0 aromatic heterocycles. The van der Waals surface area contributed by atoms with Crippen LogP contribution >= 0.6 is 0 Å². The first-order chi connectivity index (χ1) is 9.13. The molecule has 0 aliphatic carbocycles. The number of methoxy groups -OCH3 is 1. The van der Waals surface area contributed by atoms with E-state index in [-0.39, 0.29) is 0 Å². The Kier molecular flexibility index (Phi) is 7.10. The molecule has 0 aliphatic heterocycles. The molecule has 0 aliphatic rings. The van der Waals surface area contributed by atoms with E-state index in [0.29, 0.717) is 25.4 Å². The zero-order valence-electron chi connectivity index (χ0n) is 11.5. The lowest BCUT2D eigenvalue weighted by atomic mass is 10.1. The Morgan fingerprint density at radius 3 is 2.47 bits per heavy atom. The smallest absolute Gasteiger partial charge is 0.335 e. The molecular weight excluding hydrogens is 246 g/mol. The number of aromatic carboxylic acids is 1. The molecule has 1 aromatic rings. The van der Waals surface area contributed by atoms with Gasteiger partial charge in [-0.2, -0.15) is 0 Å². The Morgan fingerprint density at radius 1 is 1.21 bits per heavy atom. The molecule has 5 nitrogen and oxygen atoms in total. The van der Waals surface area contributed by atoms with Crippen molar-refractivity contribution in [2.24, 2.45) is 0 Å². The van der Waals surface area contributed by atoms with E-state index in [0.717, 1.165) is 18.7 Å². The largest absolute Gasteiger partial charge is 0.478 e. The monoisotopic (exact) mass is 267 g/mol. The molecule has 5 heteroatoms. The second-order valence-electron chi connectivity index (χ2n) is 4.35. The molecule has 106 valence electrons. The number of hydrogen-bond acceptors (Lipinski definition) is 4. The molecule has 0 amide bonds. The van der Waals surface area contributed by atoms with E-state index >= 15 is 0 Å². The van der Waals surface area contributed by atoms with Gasteiger partial charge in [0.2, 0.25) is 0 Å². The molecule has 1 rings (SSSR count). The quantitative estimate of drug-likeness (QED) is 0.687. The lowest BCUT2D eigenvalue weighted by Gasteiger charge is -2.16. The summed E-state index contributed by atoms with van der Waals surface area (Å²) >= 11 is 0. The Bertz CT molecular complexity index is 378. The lowest BCUT2D eigenvalue weighted by molar-refractivity contribution is 0.0598. The highest BCUT2D eigenvalue weighted by atomic mass is 16.5. The molecule has 19 heavy (non-hydrogen) atoms. The lowest BCUT2D eigenvalue weighted by Crippen LogP contribution is -2.23. The second kappa shape index (κ2) is 8.63. The van der Waals surface area contributed by atoms with Crippen LogP contribution in [0.2, 0.25) is 0 Å². The fraction of sp³-hybridized carbons (Fsp3) is 0.500. The summed E-state index contributed by atoms with van der Waals surface area (Å²) in [6.07, 6.45) is 0. The minimum atomic E-state index is -0.897. The first-order valence-electron chi connectivity index (χ1n) is 6.21. The molecule has 0 radical (unpaired) electrons. The van der Waals surface area contributed by atoms with Crippen LogP contribution in [-0.2, 0) is 16.0 Å². The average molecular weight is 267 g/mol. The van der Waals surface area contributed by atoms with Gasteiger partial charge in [-0.1, -0.05) is 12.1 Å². The van der Waals surface area contributed by atoms with Crippen molar-refractivity contribution in [1.29, 1.82) is 0 Å². The van der Waals surface area contributed by atoms with Gasteiger partial charge >= 0.3 is 5.97 Å². The van der Waals surface area contributed by atoms with Crippen molar-refractivity contribution >= 4 is 5.97 Å². The van der Waals surface area contributed by atoms with Gasteiger partial charge in [0.25, 0.3) is 0 Å². The molecule has 0 saturated carbocycles. The van der Waals surface area contributed by atoms with Crippen LogP contribution in [0.3, 0.4) is 0 Å². The first kappa shape index (κ1) is 15.6. The number of carboxylic acids is 1. The van der Waals surface area contributed by atoms with E-state index in [9.17, 15) is 4.79 Å². The number of benzene rings is 1. The summed E-state index contributed by atoms with van der Waals surface area (Å²) in [6.45, 7) is 3.48. The zero-order valence-corrected chi connectivity index (χ0v) is 11.5. The van der Waals surface area contributed by atoms with E-state index < -0.39 is 5.97 Å². The first-order valence-corrected chi connectivity index (χ1v) is 6.21. The summed E-state index contributed by atoms with van der Waals surface area (Å²) < 4.78 is 10.3. The van der Waals surface area contributed by atoms with Crippen molar-refractivity contribution in [3.05, 3.63) is 35.4 Å². The van der Waals surface area contributed by atoms with Gasteiger partial charge in [0.1, 0.15) is 0 Å². The second-order valence-corrected chi connectivity index (χ2v) is 4.35. The minimum absolute atomic E-state index is 0.314. The fourth-order valence-electron chi connectivity index (χ4n) is 1.61. The van der Waals surface area contributed by atoms with Gasteiger partial charge in [-0.3, -0.25) is 4.90 Å². The predicted molar refractivity (Wildman–Crippen MR) is 72.4 cm³/mol. The van der Waals surface area contributed by atoms with E-state index in [1.54, 1.807) is 19.2 Å². The van der Waals surface area contributed by atoms with Crippen molar-refractivity contribution in [3.8, 4) is 0 Å². The summed E-state index contributed by atoms with van der Waals surface area (Å²) in [5, 5.41) is 8.81. The Labute approximate surface area is 113 Å². The molecule has 0 unspecified atom stereocenters. The van der Waals surface area contributed by atoms with E-state index in [1.165, 1.54) is 0 Å². The van der Waals surface area contributed by atoms with Gasteiger partial charge in [-0.15, -0.1) is 0 Å². The Hall–Kier alpha value is -1.43. The van der Waals surface area contributed by atoms with Gasteiger partial charge in [0.05, 0.1) is 25.4 Å². The third kappa shape index (κ3) is 6.33. The van der Waals surface area contributed by atoms with Crippen LogP contribution < -0.4 is 0 Å². The van der Waals surface area contributed by atoms with Crippen LogP contribution in [0.15, 0.2) is 24.3 Å². The van der Waals surface area contributed by atoms with Crippen LogP contribution in [0.25, 0.3) is 0 Å². The van der Waals surface area contributed by atoms with E-state index in [2.05, 4.69) is 4.90 Å². The van der Waals surface area contributed by atoms with Crippen molar-refractivity contribution in [1.82, 2.24) is 4.90 Å². The maximum absolute atomic E-state index is 10.7. The number of carbonyl (C=O) groups is 1. The molecular formula is C14H21NO4. The number of carboxylic acid groups (broad SMARTS) is 1. The highest BCUT2D eigenvalue weighted by Crippen LogP contribution is 2.06. The van der Waals surface area contributed by atoms with E-state index in [1.807, 2.05) is 19.2 Å². The summed E-state index contributed by atoms with van der Waals surface area (Å²) in [6, 6.07) is 6.93. The van der Waals surface area contributed by atoms with Crippen molar-refractivity contribution in [3.63, 3.8) is 0 Å². The number of rotatable bonds is 9. The van der Waals surface area contributed by atoms with Crippen LogP contribution in [0.5, 0.6) is 0 Å². The van der Waals surface area contributed by atoms with Crippen LogP contribution in [0.1, 0.15) is 15.9 Å². The third-order valence-corrected chi connectivity index (χ3v) is 2.70. The molecule has 0 spiro atoms. The van der Waals surface area contributed by atoms with Crippen LogP contribution in [-0.4, -0.2) is 56.5 Å². The average Bonchev–Trinajstić information content (AvgIpc) is 2.39. The van der Waals surface area contributed by atoms with Gasteiger partial charge < -0.3 is 14.6 Å². The maximum atomic E-state index is 10.7. The number of hydrogen-bond donors (Lipinski definition) is 1. The summed E-state index contributed by atoms with van der Waals surface area (Å²) in [7, 11) is 3.65. The maximum Gasteiger partial charge on any atom is 0.335 e. The van der Waals surface area contributed by atoms with Gasteiger partial charge in [0, 0.05) is 20.2 Å². The van der Waals surface area contributed by atoms with Crippen LogP contribution in [0.4, 0.5) is 0 Å². The Balaban J connectivity index is 2.27. The summed E-state index contributed by atoms with van der Waals surface area (Å²) in [4.78, 5) is 12.9. The standard InChI is InChI=1S/C14H21NO4/c1-15(7-8-19-10-9-18-2)11-12-3-5-13(6-4-12)14(16)17/h3-6H,7-11H2,1-2H3,(H,16,17). The predicted octanol–water partition coefficient (Wildman–Crippen LogP) is 1.48. The normalized spacial score (nSPS) is 10.9. The highest BCUT2D eigenvalue weighted by Gasteiger charge is 2.04. The van der Waals surface area contributed by atoms with Crippen molar-refractivity contribution in [2.75, 3.05) is 40.5 Å². The van der Waals surface area contributed by atoms with Gasteiger partial charge in [-0.05, 0) is 24.7 Å². The Morgan fingerprint density at radius 2 is 1.89 bits per heavy atom. The van der Waals surface area contributed by atoms with Crippen LogP contribution in [0, 0.1) is 0 Å². The van der Waals surface area contributed by atoms with Crippen molar-refractivity contribution in [2.45, 2.75) is 6.54 Å². The fourth-order valence-corrected chi connectivity index (χ4v) is 1.61. The summed E-state index contributed by atoms with van der Waals surface area (Å²) in [5.41, 5.74) is 1.40. The molecule has 0 fully saturated rings. The summed E-state index contributed by atoms with van der Waals surface area (Å²) in [5.74, 6) is -0.897. The SMILES string of the molecule is COCCOCCN(C)Cc1ccc(C(=O)O)cc1. The third-order valence-electron chi connectivity index (χ3n) is 2.70. The molecule has 0 heterocycles. The van der Waals surface area contributed by atoms with Gasteiger partial charge in [-0.25, -0.2) is 4.79 Å². The van der Waals surface area contributed by atoms with Gasteiger partial charge in [0.15, 0.2) is 0 Å². The molecule has 1 N–H and O–H groups in total. The zero-order chi connectivity index (χ0) is 14.1. The highest BCUT2D eigenvalue weighted by molar-refractivity contribution is 5.87.